The lowest BCUT2D eigenvalue weighted by atomic mass is 10.2. The highest BCUT2D eigenvalue weighted by molar-refractivity contribution is 5.18. The van der Waals surface area contributed by atoms with Gasteiger partial charge < -0.3 is 4.74 Å². The molecule has 0 N–H and O–H groups in total. The maximum Gasteiger partial charge on any atom is 0.147 e. The summed E-state index contributed by atoms with van der Waals surface area (Å²) in [6, 6.07) is 1.65. The lowest BCUT2D eigenvalue weighted by Gasteiger charge is -1.94. The fourth-order valence-corrected chi connectivity index (χ4v) is 0.875. The quantitative estimate of drug-likeness (QED) is 0.548. The average Bonchev–Trinajstić information content (AvgIpc) is 2.71. The van der Waals surface area contributed by atoms with Gasteiger partial charge in [0.15, 0.2) is 0 Å². The molecule has 0 unspecified atom stereocenters. The van der Waals surface area contributed by atoms with Crippen molar-refractivity contribution < 1.29 is 9.13 Å². The van der Waals surface area contributed by atoms with Crippen LogP contribution in [0.25, 0.3) is 0 Å². The topological polar surface area (TPSA) is 25.4 Å². The molecule has 0 bridgehead atoms. The molecule has 1 aliphatic heterocycles. The third-order valence-corrected chi connectivity index (χ3v) is 1.48. The van der Waals surface area contributed by atoms with Crippen molar-refractivity contribution in [3.63, 3.8) is 0 Å². The molecule has 10 heavy (non-hydrogen) atoms. The van der Waals surface area contributed by atoms with Crippen LogP contribution in [0.5, 0.6) is 0 Å². The Bertz CT molecular complexity index is 247. The van der Waals surface area contributed by atoms with E-state index in [9.17, 15) is 4.39 Å². The summed E-state index contributed by atoms with van der Waals surface area (Å²) in [7, 11) is 0. The second kappa shape index (κ2) is 2.02. The van der Waals surface area contributed by atoms with Crippen molar-refractivity contribution >= 4 is 0 Å². The number of nitrogens with zero attached hydrogens (tertiary/aromatic N) is 1. The number of pyridine rings is 1. The van der Waals surface area contributed by atoms with Crippen molar-refractivity contribution in [1.82, 2.24) is 4.98 Å². The van der Waals surface area contributed by atoms with E-state index in [2.05, 4.69) is 4.98 Å². The summed E-state index contributed by atoms with van der Waals surface area (Å²) in [5.41, 5.74) is 0.620. The smallest absolute Gasteiger partial charge is 0.147 e. The van der Waals surface area contributed by atoms with E-state index in [0.29, 0.717) is 12.2 Å². The van der Waals surface area contributed by atoms with Crippen molar-refractivity contribution in [3.8, 4) is 0 Å². The van der Waals surface area contributed by atoms with Gasteiger partial charge in [0.1, 0.15) is 11.9 Å². The minimum absolute atomic E-state index is 0.0111. The Kier molecular flexibility index (Phi) is 1.17. The SMILES string of the molecule is Fc1cnccc1[C@H]1CO1. The van der Waals surface area contributed by atoms with E-state index in [4.69, 9.17) is 4.74 Å². The van der Waals surface area contributed by atoms with E-state index in [1.165, 1.54) is 6.20 Å². The van der Waals surface area contributed by atoms with Crippen LogP contribution in [0.1, 0.15) is 11.7 Å². The molecule has 2 nitrogen and oxygen atoms in total. The maximum atomic E-state index is 12.7. The fourth-order valence-electron chi connectivity index (χ4n) is 0.875. The zero-order valence-corrected chi connectivity index (χ0v) is 5.25. The van der Waals surface area contributed by atoms with Gasteiger partial charge in [-0.15, -0.1) is 0 Å². The van der Waals surface area contributed by atoms with E-state index in [-0.39, 0.29) is 11.9 Å². The monoisotopic (exact) mass is 139 g/mol. The first-order valence-corrected chi connectivity index (χ1v) is 3.09. The normalized spacial score (nSPS) is 22.7. The van der Waals surface area contributed by atoms with Gasteiger partial charge in [0, 0.05) is 11.8 Å². The van der Waals surface area contributed by atoms with Crippen molar-refractivity contribution in [2.75, 3.05) is 6.61 Å². The van der Waals surface area contributed by atoms with Crippen LogP contribution in [0.2, 0.25) is 0 Å². The third kappa shape index (κ3) is 0.885. The largest absolute Gasteiger partial charge is 0.368 e. The molecule has 2 heterocycles. The molecular formula is C7H6FNO. The highest BCUT2D eigenvalue weighted by atomic mass is 19.1. The molecule has 2 rings (SSSR count). The molecule has 0 aromatic carbocycles. The molecule has 0 aliphatic carbocycles. The van der Waals surface area contributed by atoms with Crippen LogP contribution in [0.3, 0.4) is 0 Å². The molecule has 0 spiro atoms. The zero-order chi connectivity index (χ0) is 6.97. The number of ether oxygens (including phenoxy) is 1. The molecule has 1 aromatic heterocycles. The molecule has 1 aromatic rings. The van der Waals surface area contributed by atoms with Crippen LogP contribution in [0.4, 0.5) is 4.39 Å². The molecule has 3 heteroatoms. The Morgan fingerprint density at radius 2 is 2.50 bits per heavy atom. The van der Waals surface area contributed by atoms with Gasteiger partial charge in [0.25, 0.3) is 0 Å². The minimum Gasteiger partial charge on any atom is -0.368 e. The first-order valence-electron chi connectivity index (χ1n) is 3.09. The van der Waals surface area contributed by atoms with Gasteiger partial charge in [-0.3, -0.25) is 4.98 Å². The second-order valence-corrected chi connectivity index (χ2v) is 2.22. The van der Waals surface area contributed by atoms with Crippen molar-refractivity contribution in [2.45, 2.75) is 6.10 Å². The van der Waals surface area contributed by atoms with Crippen LogP contribution < -0.4 is 0 Å². The molecule has 0 radical (unpaired) electrons. The molecule has 52 valence electrons. The fraction of sp³-hybridized carbons (Fsp3) is 0.286. The minimum atomic E-state index is -0.273. The average molecular weight is 139 g/mol. The lowest BCUT2D eigenvalue weighted by Crippen LogP contribution is -1.87. The highest BCUT2D eigenvalue weighted by Crippen LogP contribution is 2.30. The van der Waals surface area contributed by atoms with Crippen LogP contribution in [-0.4, -0.2) is 11.6 Å². The predicted octanol–water partition coefficient (Wildman–Crippen LogP) is 1.29. The molecule has 1 aliphatic rings. The first-order chi connectivity index (χ1) is 4.88. The predicted molar refractivity (Wildman–Crippen MR) is 32.9 cm³/mol. The summed E-state index contributed by atoms with van der Waals surface area (Å²) in [4.78, 5) is 3.62. The number of hydrogen-bond donors (Lipinski definition) is 0. The van der Waals surface area contributed by atoms with Gasteiger partial charge >= 0.3 is 0 Å². The van der Waals surface area contributed by atoms with Crippen LogP contribution in [0, 0.1) is 5.82 Å². The molecular weight excluding hydrogens is 133 g/mol. The van der Waals surface area contributed by atoms with Crippen LogP contribution in [-0.2, 0) is 4.74 Å². The number of halogens is 1. The maximum absolute atomic E-state index is 12.7. The van der Waals surface area contributed by atoms with E-state index in [0.717, 1.165) is 0 Å². The van der Waals surface area contributed by atoms with Gasteiger partial charge in [-0.05, 0) is 6.07 Å². The molecule has 1 atom stereocenters. The van der Waals surface area contributed by atoms with E-state index >= 15 is 0 Å². The van der Waals surface area contributed by atoms with Crippen molar-refractivity contribution in [2.24, 2.45) is 0 Å². The summed E-state index contributed by atoms with van der Waals surface area (Å²) in [5, 5.41) is 0. The Hall–Kier alpha value is -0.960. The Morgan fingerprint density at radius 1 is 1.70 bits per heavy atom. The summed E-state index contributed by atoms with van der Waals surface area (Å²) in [5.74, 6) is -0.273. The highest BCUT2D eigenvalue weighted by Gasteiger charge is 2.27. The molecule has 0 saturated carbocycles. The van der Waals surface area contributed by atoms with Gasteiger partial charge in [-0.2, -0.15) is 0 Å². The standard InChI is InChI=1S/C7H6FNO/c8-6-3-9-2-1-5(6)7-4-10-7/h1-3,7H,4H2/t7-/m1/s1. The Balaban J connectivity index is 2.39. The van der Waals surface area contributed by atoms with Crippen molar-refractivity contribution in [1.29, 1.82) is 0 Å². The number of hydrogen-bond acceptors (Lipinski definition) is 2. The number of epoxide rings is 1. The molecule has 1 fully saturated rings. The van der Waals surface area contributed by atoms with E-state index in [1.807, 2.05) is 0 Å². The second-order valence-electron chi connectivity index (χ2n) is 2.22. The van der Waals surface area contributed by atoms with E-state index in [1.54, 1.807) is 12.3 Å². The molecule has 0 amide bonds. The number of aromatic nitrogens is 1. The lowest BCUT2D eigenvalue weighted by molar-refractivity contribution is 0.407. The van der Waals surface area contributed by atoms with E-state index < -0.39 is 0 Å². The van der Waals surface area contributed by atoms with Gasteiger partial charge in [-0.25, -0.2) is 4.39 Å². The zero-order valence-electron chi connectivity index (χ0n) is 5.25. The first kappa shape index (κ1) is 5.80. The summed E-state index contributed by atoms with van der Waals surface area (Å²) >= 11 is 0. The third-order valence-electron chi connectivity index (χ3n) is 1.48. The van der Waals surface area contributed by atoms with Crippen molar-refractivity contribution in [3.05, 3.63) is 29.8 Å². The Morgan fingerprint density at radius 3 is 3.10 bits per heavy atom. The summed E-state index contributed by atoms with van der Waals surface area (Å²) < 4.78 is 17.6. The van der Waals surface area contributed by atoms with Gasteiger partial charge in [-0.1, -0.05) is 0 Å². The number of rotatable bonds is 1. The van der Waals surface area contributed by atoms with Gasteiger partial charge in [0.05, 0.1) is 12.8 Å². The van der Waals surface area contributed by atoms with Crippen LogP contribution in [0.15, 0.2) is 18.5 Å². The summed E-state index contributed by atoms with van der Waals surface area (Å²) in [6.07, 6.45) is 2.76. The van der Waals surface area contributed by atoms with Crippen LogP contribution >= 0.6 is 0 Å². The Labute approximate surface area is 57.7 Å². The molecule has 1 saturated heterocycles. The van der Waals surface area contributed by atoms with Gasteiger partial charge in [0.2, 0.25) is 0 Å². The summed E-state index contributed by atoms with van der Waals surface area (Å²) in [6.45, 7) is 0.640.